The summed E-state index contributed by atoms with van der Waals surface area (Å²) in [6.07, 6.45) is 3.70. The third-order valence-electron chi connectivity index (χ3n) is 2.30. The Bertz CT molecular complexity index is 605. The Hall–Kier alpha value is -1.82. The smallest absolute Gasteiger partial charge is 0.148 e. The molecular weight excluding hydrogens is 267 g/mol. The molecule has 2 aromatic rings. The Morgan fingerprint density at radius 2 is 1.83 bits per heavy atom. The van der Waals surface area contributed by atoms with E-state index in [-0.39, 0.29) is 10.7 Å². The number of rotatable bonds is 2. The van der Waals surface area contributed by atoms with Gasteiger partial charge in [0.15, 0.2) is 0 Å². The zero-order valence-electron chi connectivity index (χ0n) is 9.27. The highest BCUT2D eigenvalue weighted by Gasteiger charge is 2.07. The highest BCUT2D eigenvalue weighted by atomic mass is 35.5. The zero-order chi connectivity index (χ0) is 13.0. The van der Waals surface area contributed by atoms with Gasteiger partial charge in [-0.2, -0.15) is 5.26 Å². The standard InChI is InChI=1S/C14H8Cl2N2/c15-13-8-11(18-14(16)12(13)9-17)7-6-10-4-2-1-3-5-10/h1-8H. The van der Waals surface area contributed by atoms with E-state index in [2.05, 4.69) is 4.98 Å². The molecule has 2 rings (SSSR count). The third-order valence-corrected chi connectivity index (χ3v) is 2.88. The number of pyridine rings is 1. The predicted octanol–water partition coefficient (Wildman–Crippen LogP) is 4.43. The summed E-state index contributed by atoms with van der Waals surface area (Å²) in [5.74, 6) is 0. The highest BCUT2D eigenvalue weighted by molar-refractivity contribution is 6.36. The van der Waals surface area contributed by atoms with Crippen molar-refractivity contribution >= 4 is 35.4 Å². The van der Waals surface area contributed by atoms with Crippen molar-refractivity contribution in [2.75, 3.05) is 0 Å². The molecule has 0 fully saturated rings. The van der Waals surface area contributed by atoms with Crippen LogP contribution in [0.5, 0.6) is 0 Å². The number of benzene rings is 1. The number of hydrogen-bond acceptors (Lipinski definition) is 2. The Labute approximate surface area is 115 Å². The minimum Gasteiger partial charge on any atom is -0.235 e. The topological polar surface area (TPSA) is 36.7 Å². The molecule has 1 aromatic heterocycles. The van der Waals surface area contributed by atoms with E-state index < -0.39 is 0 Å². The van der Waals surface area contributed by atoms with Crippen molar-refractivity contribution in [1.82, 2.24) is 4.98 Å². The van der Waals surface area contributed by atoms with Gasteiger partial charge in [-0.25, -0.2) is 4.98 Å². The van der Waals surface area contributed by atoms with Gasteiger partial charge in [0.2, 0.25) is 0 Å². The maximum Gasteiger partial charge on any atom is 0.148 e. The molecule has 0 spiro atoms. The average molecular weight is 275 g/mol. The molecule has 88 valence electrons. The third kappa shape index (κ3) is 2.89. The summed E-state index contributed by atoms with van der Waals surface area (Å²) in [5, 5.41) is 9.25. The molecule has 1 aromatic carbocycles. The van der Waals surface area contributed by atoms with Crippen LogP contribution in [-0.2, 0) is 0 Å². The lowest BCUT2D eigenvalue weighted by molar-refractivity contribution is 1.27. The van der Waals surface area contributed by atoms with Gasteiger partial charge in [0.1, 0.15) is 16.8 Å². The van der Waals surface area contributed by atoms with E-state index in [1.165, 1.54) is 0 Å². The minimum atomic E-state index is 0.123. The van der Waals surface area contributed by atoms with Gasteiger partial charge in [-0.05, 0) is 17.7 Å². The quantitative estimate of drug-likeness (QED) is 0.760. The summed E-state index contributed by atoms with van der Waals surface area (Å²) in [6.45, 7) is 0. The molecule has 0 unspecified atom stereocenters. The summed E-state index contributed by atoms with van der Waals surface area (Å²) >= 11 is 11.8. The number of aromatic nitrogens is 1. The molecule has 0 bridgehead atoms. The van der Waals surface area contributed by atoms with E-state index in [9.17, 15) is 0 Å². The van der Waals surface area contributed by atoms with Gasteiger partial charge >= 0.3 is 0 Å². The second kappa shape index (κ2) is 5.68. The first-order chi connectivity index (χ1) is 8.70. The summed E-state index contributed by atoms with van der Waals surface area (Å²) in [6, 6.07) is 13.3. The first-order valence-corrected chi connectivity index (χ1v) is 5.95. The zero-order valence-corrected chi connectivity index (χ0v) is 10.8. The van der Waals surface area contributed by atoms with Crippen LogP contribution in [0, 0.1) is 11.3 Å². The molecule has 4 heteroatoms. The average Bonchev–Trinajstić information content (AvgIpc) is 2.37. The SMILES string of the molecule is N#Cc1c(Cl)cc(C=Cc2ccccc2)nc1Cl. The van der Waals surface area contributed by atoms with Crippen LogP contribution < -0.4 is 0 Å². The monoisotopic (exact) mass is 274 g/mol. The van der Waals surface area contributed by atoms with Crippen LogP contribution >= 0.6 is 23.2 Å². The molecule has 0 atom stereocenters. The molecule has 0 aliphatic heterocycles. The second-order valence-electron chi connectivity index (χ2n) is 3.55. The maximum atomic E-state index is 8.82. The number of nitriles is 1. The molecule has 0 aliphatic rings. The van der Waals surface area contributed by atoms with E-state index in [1.54, 1.807) is 12.1 Å². The Balaban J connectivity index is 2.32. The van der Waals surface area contributed by atoms with E-state index in [1.807, 2.05) is 42.5 Å². The van der Waals surface area contributed by atoms with Crippen molar-refractivity contribution in [2.45, 2.75) is 0 Å². The van der Waals surface area contributed by atoms with E-state index in [0.29, 0.717) is 10.7 Å². The van der Waals surface area contributed by atoms with Crippen LogP contribution in [-0.4, -0.2) is 4.98 Å². The van der Waals surface area contributed by atoms with Crippen molar-refractivity contribution in [2.24, 2.45) is 0 Å². The number of halogens is 2. The fraction of sp³-hybridized carbons (Fsp3) is 0. The van der Waals surface area contributed by atoms with Crippen LogP contribution in [0.2, 0.25) is 10.2 Å². The van der Waals surface area contributed by atoms with E-state index in [4.69, 9.17) is 28.5 Å². The molecule has 0 saturated carbocycles. The normalized spacial score (nSPS) is 10.5. The Kier molecular flexibility index (Phi) is 3.99. The molecule has 0 radical (unpaired) electrons. The molecule has 0 amide bonds. The van der Waals surface area contributed by atoms with Crippen molar-refractivity contribution in [3.63, 3.8) is 0 Å². The van der Waals surface area contributed by atoms with Crippen molar-refractivity contribution < 1.29 is 0 Å². The lowest BCUT2D eigenvalue weighted by atomic mass is 10.2. The van der Waals surface area contributed by atoms with Gasteiger partial charge in [0.25, 0.3) is 0 Å². The van der Waals surface area contributed by atoms with E-state index in [0.717, 1.165) is 5.56 Å². The van der Waals surface area contributed by atoms with Crippen molar-refractivity contribution in [1.29, 1.82) is 5.26 Å². The minimum absolute atomic E-state index is 0.123. The lowest BCUT2D eigenvalue weighted by Gasteiger charge is -2.00. The largest absolute Gasteiger partial charge is 0.235 e. The van der Waals surface area contributed by atoms with Gasteiger partial charge in [-0.15, -0.1) is 0 Å². The second-order valence-corrected chi connectivity index (χ2v) is 4.32. The summed E-state index contributed by atoms with van der Waals surface area (Å²) in [4.78, 5) is 4.09. The predicted molar refractivity (Wildman–Crippen MR) is 74.3 cm³/mol. The summed E-state index contributed by atoms with van der Waals surface area (Å²) < 4.78 is 0. The van der Waals surface area contributed by atoms with Crippen molar-refractivity contribution in [3.8, 4) is 6.07 Å². The van der Waals surface area contributed by atoms with Gasteiger partial charge in [-0.3, -0.25) is 0 Å². The van der Waals surface area contributed by atoms with Crippen LogP contribution in [0.15, 0.2) is 36.4 Å². The first kappa shape index (κ1) is 12.6. The Morgan fingerprint density at radius 3 is 2.44 bits per heavy atom. The van der Waals surface area contributed by atoms with Crippen LogP contribution in [0.1, 0.15) is 16.8 Å². The van der Waals surface area contributed by atoms with Gasteiger partial charge in [-0.1, -0.05) is 59.6 Å². The summed E-state index contributed by atoms with van der Waals surface area (Å²) in [5.41, 5.74) is 1.87. The molecule has 0 aliphatic carbocycles. The van der Waals surface area contributed by atoms with Crippen LogP contribution in [0.3, 0.4) is 0 Å². The Morgan fingerprint density at radius 1 is 1.11 bits per heavy atom. The van der Waals surface area contributed by atoms with Gasteiger partial charge in [0, 0.05) is 0 Å². The van der Waals surface area contributed by atoms with Crippen molar-refractivity contribution in [3.05, 3.63) is 63.4 Å². The number of hydrogen-bond donors (Lipinski definition) is 0. The lowest BCUT2D eigenvalue weighted by Crippen LogP contribution is -1.88. The van der Waals surface area contributed by atoms with Gasteiger partial charge in [0.05, 0.1) is 10.7 Å². The van der Waals surface area contributed by atoms with Crippen LogP contribution in [0.25, 0.3) is 12.2 Å². The summed E-state index contributed by atoms with van der Waals surface area (Å²) in [7, 11) is 0. The first-order valence-electron chi connectivity index (χ1n) is 5.20. The molecule has 1 heterocycles. The maximum absolute atomic E-state index is 8.82. The molecule has 0 saturated heterocycles. The number of nitrogens with zero attached hydrogens (tertiary/aromatic N) is 2. The molecular formula is C14H8Cl2N2. The highest BCUT2D eigenvalue weighted by Crippen LogP contribution is 2.23. The van der Waals surface area contributed by atoms with Gasteiger partial charge < -0.3 is 0 Å². The van der Waals surface area contributed by atoms with E-state index >= 15 is 0 Å². The molecule has 0 N–H and O–H groups in total. The molecule has 2 nitrogen and oxygen atoms in total. The molecule has 18 heavy (non-hydrogen) atoms. The fourth-order valence-corrected chi connectivity index (χ4v) is 1.97. The van der Waals surface area contributed by atoms with Crippen LogP contribution in [0.4, 0.5) is 0 Å². The fourth-order valence-electron chi connectivity index (χ4n) is 1.43.